The van der Waals surface area contributed by atoms with Crippen LogP contribution in [0.3, 0.4) is 0 Å². The van der Waals surface area contributed by atoms with E-state index in [-0.39, 0.29) is 18.1 Å². The molecule has 3 rings (SSSR count). The first kappa shape index (κ1) is 13.1. The number of rotatable bonds is 3. The van der Waals surface area contributed by atoms with Crippen LogP contribution in [0, 0.1) is 0 Å². The summed E-state index contributed by atoms with van der Waals surface area (Å²) in [4.78, 5) is 23.7. The number of nitrogens with one attached hydrogen (secondary N) is 1. The number of nitrogens with zero attached hydrogens (tertiary/aromatic N) is 3. The van der Waals surface area contributed by atoms with Gasteiger partial charge in [0.25, 0.3) is 5.91 Å². The highest BCUT2D eigenvalue weighted by Crippen LogP contribution is 2.06. The maximum absolute atomic E-state index is 12.2. The Bertz CT molecular complexity index is 865. The zero-order chi connectivity index (χ0) is 14.8. The van der Waals surface area contributed by atoms with Crippen molar-refractivity contribution in [2.24, 2.45) is 5.84 Å². The highest BCUT2D eigenvalue weighted by atomic mass is 16.2. The van der Waals surface area contributed by atoms with Crippen LogP contribution in [0.15, 0.2) is 53.5 Å². The van der Waals surface area contributed by atoms with Gasteiger partial charge in [0.2, 0.25) is 0 Å². The predicted octanol–water partition coefficient (Wildman–Crippen LogP) is 0.148. The maximum atomic E-state index is 12.2. The first-order valence-electron chi connectivity index (χ1n) is 6.33. The number of nitrogens with two attached hydrogens (primary N) is 1. The van der Waals surface area contributed by atoms with Crippen LogP contribution in [0.1, 0.15) is 15.9 Å². The number of pyridine rings is 1. The van der Waals surface area contributed by atoms with Crippen molar-refractivity contribution in [2.45, 2.75) is 6.54 Å². The lowest BCUT2D eigenvalue weighted by Crippen LogP contribution is -2.30. The Morgan fingerprint density at radius 1 is 1.24 bits per heavy atom. The Morgan fingerprint density at radius 3 is 2.86 bits per heavy atom. The van der Waals surface area contributed by atoms with Gasteiger partial charge in [0, 0.05) is 11.8 Å². The van der Waals surface area contributed by atoms with E-state index in [1.165, 1.54) is 9.08 Å². The van der Waals surface area contributed by atoms with Crippen molar-refractivity contribution in [1.29, 1.82) is 0 Å². The number of fused-ring (bicyclic) bond motifs is 1. The van der Waals surface area contributed by atoms with Crippen molar-refractivity contribution < 1.29 is 4.79 Å². The zero-order valence-electron chi connectivity index (χ0n) is 11.1. The number of hydrogen-bond acceptors (Lipinski definition) is 4. The van der Waals surface area contributed by atoms with E-state index in [4.69, 9.17) is 5.84 Å². The minimum atomic E-state index is -0.376. The van der Waals surface area contributed by atoms with Crippen molar-refractivity contribution >= 4 is 11.6 Å². The molecule has 0 saturated carbocycles. The molecular formula is C14H13N5O2. The Morgan fingerprint density at radius 2 is 2.10 bits per heavy atom. The summed E-state index contributed by atoms with van der Waals surface area (Å²) in [6.45, 7) is 0.284. The maximum Gasteiger partial charge on any atom is 0.350 e. The van der Waals surface area contributed by atoms with Crippen molar-refractivity contribution in [3.05, 3.63) is 70.3 Å². The summed E-state index contributed by atoms with van der Waals surface area (Å²) in [6.07, 6.45) is 1.67. The minimum Gasteiger partial charge on any atom is -0.290 e. The number of carbonyl (C=O) groups is 1. The number of carbonyl (C=O) groups excluding carboxylic acids is 1. The third kappa shape index (κ3) is 2.41. The SMILES string of the molecule is NNC(=O)c1cccc(Cn2nc3ccccn3c2=O)c1. The van der Waals surface area contributed by atoms with Crippen molar-refractivity contribution in [2.75, 3.05) is 0 Å². The summed E-state index contributed by atoms with van der Waals surface area (Å²) in [5.74, 6) is 4.74. The summed E-state index contributed by atoms with van der Waals surface area (Å²) in [7, 11) is 0. The highest BCUT2D eigenvalue weighted by molar-refractivity contribution is 5.93. The third-order valence-electron chi connectivity index (χ3n) is 3.14. The zero-order valence-corrected chi connectivity index (χ0v) is 11.1. The van der Waals surface area contributed by atoms with Crippen LogP contribution in [0.25, 0.3) is 5.65 Å². The Kier molecular flexibility index (Phi) is 3.25. The van der Waals surface area contributed by atoms with Gasteiger partial charge in [0.15, 0.2) is 5.65 Å². The highest BCUT2D eigenvalue weighted by Gasteiger charge is 2.08. The summed E-state index contributed by atoms with van der Waals surface area (Å²) < 4.78 is 2.82. The summed E-state index contributed by atoms with van der Waals surface area (Å²) in [6, 6.07) is 12.2. The number of aromatic nitrogens is 3. The van der Waals surface area contributed by atoms with Gasteiger partial charge in [-0.05, 0) is 29.8 Å². The van der Waals surface area contributed by atoms with E-state index in [0.29, 0.717) is 11.2 Å². The Balaban J connectivity index is 1.97. The molecule has 0 aliphatic carbocycles. The van der Waals surface area contributed by atoms with Gasteiger partial charge in [0.05, 0.1) is 6.54 Å². The molecule has 0 fully saturated rings. The second kappa shape index (κ2) is 5.22. The van der Waals surface area contributed by atoms with Crippen LogP contribution in [-0.2, 0) is 6.54 Å². The predicted molar refractivity (Wildman–Crippen MR) is 76.6 cm³/mol. The number of hydrazine groups is 1. The lowest BCUT2D eigenvalue weighted by Gasteiger charge is -2.03. The fourth-order valence-electron chi connectivity index (χ4n) is 2.14. The Hall–Kier alpha value is -2.93. The van der Waals surface area contributed by atoms with Crippen LogP contribution in [0.5, 0.6) is 0 Å². The molecule has 21 heavy (non-hydrogen) atoms. The van der Waals surface area contributed by atoms with Crippen molar-refractivity contribution in [1.82, 2.24) is 19.6 Å². The van der Waals surface area contributed by atoms with Crippen LogP contribution in [-0.4, -0.2) is 20.1 Å². The molecule has 2 heterocycles. The largest absolute Gasteiger partial charge is 0.350 e. The lowest BCUT2D eigenvalue weighted by molar-refractivity contribution is 0.0953. The van der Waals surface area contributed by atoms with E-state index in [1.807, 2.05) is 12.1 Å². The molecule has 0 aliphatic heterocycles. The standard InChI is InChI=1S/C14H13N5O2/c15-16-13(20)11-5-3-4-10(8-11)9-19-14(21)18-7-2-1-6-12(18)17-19/h1-8H,9,15H2,(H,16,20). The van der Waals surface area contributed by atoms with E-state index in [2.05, 4.69) is 10.5 Å². The molecule has 0 saturated heterocycles. The van der Waals surface area contributed by atoms with Gasteiger partial charge in [-0.2, -0.15) is 0 Å². The normalized spacial score (nSPS) is 10.7. The van der Waals surface area contributed by atoms with Gasteiger partial charge < -0.3 is 0 Å². The molecule has 0 radical (unpaired) electrons. The Labute approximate surface area is 119 Å². The average molecular weight is 283 g/mol. The second-order valence-electron chi connectivity index (χ2n) is 4.54. The summed E-state index contributed by atoms with van der Waals surface area (Å²) in [5, 5.41) is 4.24. The molecule has 0 bridgehead atoms. The van der Waals surface area contributed by atoms with E-state index < -0.39 is 0 Å². The molecular weight excluding hydrogens is 270 g/mol. The van der Waals surface area contributed by atoms with Gasteiger partial charge >= 0.3 is 5.69 Å². The van der Waals surface area contributed by atoms with Gasteiger partial charge in [-0.1, -0.05) is 18.2 Å². The minimum absolute atomic E-state index is 0.223. The van der Waals surface area contributed by atoms with Crippen molar-refractivity contribution in [3.8, 4) is 0 Å². The molecule has 1 aromatic carbocycles. The first-order chi connectivity index (χ1) is 10.2. The molecule has 2 aromatic heterocycles. The molecule has 7 heteroatoms. The van der Waals surface area contributed by atoms with Crippen molar-refractivity contribution in [3.63, 3.8) is 0 Å². The van der Waals surface area contributed by atoms with Crippen LogP contribution >= 0.6 is 0 Å². The van der Waals surface area contributed by atoms with Gasteiger partial charge in [0.1, 0.15) is 0 Å². The first-order valence-corrected chi connectivity index (χ1v) is 6.33. The molecule has 3 N–H and O–H groups in total. The van der Waals surface area contributed by atoms with E-state index in [9.17, 15) is 9.59 Å². The number of hydrogen-bond donors (Lipinski definition) is 2. The summed E-state index contributed by atoms with van der Waals surface area (Å²) >= 11 is 0. The number of benzene rings is 1. The van der Waals surface area contributed by atoms with Gasteiger partial charge in [-0.3, -0.25) is 14.6 Å². The molecule has 0 atom stereocenters. The fourth-order valence-corrected chi connectivity index (χ4v) is 2.14. The molecule has 106 valence electrons. The van der Waals surface area contributed by atoms with Crippen LogP contribution < -0.4 is 17.0 Å². The lowest BCUT2D eigenvalue weighted by atomic mass is 10.1. The summed E-state index contributed by atoms with van der Waals surface area (Å²) in [5.41, 5.74) is 3.67. The monoisotopic (exact) mass is 283 g/mol. The van der Waals surface area contributed by atoms with Crippen LogP contribution in [0.2, 0.25) is 0 Å². The third-order valence-corrected chi connectivity index (χ3v) is 3.14. The van der Waals surface area contributed by atoms with Gasteiger partial charge in [-0.25, -0.2) is 15.3 Å². The second-order valence-corrected chi connectivity index (χ2v) is 4.54. The van der Waals surface area contributed by atoms with Gasteiger partial charge in [-0.15, -0.1) is 5.10 Å². The van der Waals surface area contributed by atoms with Crippen LogP contribution in [0.4, 0.5) is 0 Å². The average Bonchev–Trinajstić information content (AvgIpc) is 2.83. The number of amides is 1. The van der Waals surface area contributed by atoms with E-state index >= 15 is 0 Å². The molecule has 7 nitrogen and oxygen atoms in total. The molecule has 0 unspecified atom stereocenters. The quantitative estimate of drug-likeness (QED) is 0.406. The van der Waals surface area contributed by atoms with E-state index in [1.54, 1.807) is 36.5 Å². The molecule has 1 amide bonds. The number of nitrogen functional groups attached to an aromatic ring is 1. The molecule has 0 spiro atoms. The van der Waals surface area contributed by atoms with E-state index in [0.717, 1.165) is 5.56 Å². The smallest absolute Gasteiger partial charge is 0.290 e. The molecule has 0 aliphatic rings. The fraction of sp³-hybridized carbons (Fsp3) is 0.0714. The molecule has 3 aromatic rings. The topological polar surface area (TPSA) is 94.4 Å².